The second-order valence-electron chi connectivity index (χ2n) is 6.26. The van der Waals surface area contributed by atoms with Gasteiger partial charge in [-0.25, -0.2) is 10.2 Å². The van der Waals surface area contributed by atoms with Gasteiger partial charge in [-0.2, -0.15) is 5.10 Å². The summed E-state index contributed by atoms with van der Waals surface area (Å²) < 4.78 is 15.0. The zero-order chi connectivity index (χ0) is 22.8. The quantitative estimate of drug-likeness (QED) is 0.264. The van der Waals surface area contributed by atoms with E-state index in [1.807, 2.05) is 6.92 Å². The van der Waals surface area contributed by atoms with Crippen molar-refractivity contribution >= 4 is 41.3 Å². The normalized spacial score (nSPS) is 10.5. The van der Waals surface area contributed by atoms with Crippen molar-refractivity contribution in [2.75, 3.05) is 26.1 Å². The average Bonchev–Trinajstić information content (AvgIpc) is 2.74. The summed E-state index contributed by atoms with van der Waals surface area (Å²) in [4.78, 5) is 35.1. The molecule has 0 aromatic heterocycles. The molecule has 0 fully saturated rings. The lowest BCUT2D eigenvalue weighted by Crippen LogP contribution is -2.24. The van der Waals surface area contributed by atoms with E-state index in [0.29, 0.717) is 27.8 Å². The molecule has 0 saturated heterocycles. The number of nitrogens with zero attached hydrogens (tertiary/aromatic N) is 1. The van der Waals surface area contributed by atoms with Crippen LogP contribution in [0.3, 0.4) is 0 Å². The number of anilines is 1. The number of esters is 1. The van der Waals surface area contributed by atoms with Crippen LogP contribution in [0, 0.1) is 6.92 Å². The number of hydrogen-bond donors (Lipinski definition) is 2. The fourth-order valence-corrected chi connectivity index (χ4v) is 2.50. The third kappa shape index (κ3) is 7.63. The van der Waals surface area contributed by atoms with Gasteiger partial charge in [0, 0.05) is 10.7 Å². The van der Waals surface area contributed by atoms with Crippen molar-refractivity contribution in [3.05, 3.63) is 52.5 Å². The van der Waals surface area contributed by atoms with Gasteiger partial charge in [0.05, 0.1) is 20.4 Å². The predicted molar refractivity (Wildman–Crippen MR) is 116 cm³/mol. The molecule has 2 aromatic rings. The number of hydrazone groups is 1. The lowest BCUT2D eigenvalue weighted by atomic mass is 10.2. The van der Waals surface area contributed by atoms with Crippen molar-refractivity contribution < 1.29 is 28.6 Å². The van der Waals surface area contributed by atoms with Crippen LogP contribution < -0.4 is 20.2 Å². The van der Waals surface area contributed by atoms with Crippen LogP contribution in [-0.2, 0) is 19.1 Å². The molecule has 2 amide bonds. The number of methoxy groups -OCH3 is 2. The fourth-order valence-electron chi connectivity index (χ4n) is 2.32. The van der Waals surface area contributed by atoms with Crippen molar-refractivity contribution in [3.63, 3.8) is 0 Å². The molecule has 0 unspecified atom stereocenters. The minimum absolute atomic E-state index is 0.257. The van der Waals surface area contributed by atoms with Gasteiger partial charge >= 0.3 is 5.97 Å². The Hall–Kier alpha value is -3.59. The van der Waals surface area contributed by atoms with Crippen molar-refractivity contribution in [1.29, 1.82) is 0 Å². The molecule has 0 bridgehead atoms. The van der Waals surface area contributed by atoms with Gasteiger partial charge in [0.2, 0.25) is 11.8 Å². The molecule has 0 aliphatic carbocycles. The Morgan fingerprint density at radius 2 is 1.84 bits per heavy atom. The van der Waals surface area contributed by atoms with Gasteiger partial charge in [-0.15, -0.1) is 0 Å². The van der Waals surface area contributed by atoms with E-state index in [1.165, 1.54) is 20.4 Å². The molecule has 0 aliphatic heterocycles. The van der Waals surface area contributed by atoms with Crippen LogP contribution in [0.25, 0.3) is 0 Å². The molecule has 0 spiro atoms. The SMILES string of the molecule is COC(=O)COc1ccc(C=NNC(=O)CC(=O)Nc2ccc(C)c(Cl)c2)cc1OC. The van der Waals surface area contributed by atoms with Crippen LogP contribution in [0.15, 0.2) is 41.5 Å². The van der Waals surface area contributed by atoms with E-state index in [9.17, 15) is 14.4 Å². The minimum atomic E-state index is -0.586. The topological polar surface area (TPSA) is 115 Å². The Kier molecular flexibility index (Phi) is 8.83. The summed E-state index contributed by atoms with van der Waals surface area (Å²) in [5, 5.41) is 6.94. The Morgan fingerprint density at radius 3 is 2.52 bits per heavy atom. The van der Waals surface area contributed by atoms with Crippen molar-refractivity contribution in [3.8, 4) is 11.5 Å². The predicted octanol–water partition coefficient (Wildman–Crippen LogP) is 2.69. The molecule has 10 heteroatoms. The second-order valence-corrected chi connectivity index (χ2v) is 6.66. The van der Waals surface area contributed by atoms with Crippen molar-refractivity contribution in [2.45, 2.75) is 13.3 Å². The number of nitrogens with one attached hydrogen (secondary N) is 2. The summed E-state index contributed by atoms with van der Waals surface area (Å²) in [7, 11) is 2.71. The van der Waals surface area contributed by atoms with Crippen LogP contribution in [-0.4, -0.2) is 44.8 Å². The Morgan fingerprint density at radius 1 is 1.06 bits per heavy atom. The maximum atomic E-state index is 12.0. The van der Waals surface area contributed by atoms with Gasteiger partial charge < -0.3 is 19.5 Å². The summed E-state index contributed by atoms with van der Waals surface area (Å²) in [6.07, 6.45) is 0.967. The Labute approximate surface area is 184 Å². The van der Waals surface area contributed by atoms with E-state index < -0.39 is 24.2 Å². The number of aryl methyl sites for hydroxylation is 1. The first-order valence-corrected chi connectivity index (χ1v) is 9.45. The molecule has 0 saturated carbocycles. The van der Waals surface area contributed by atoms with E-state index in [0.717, 1.165) is 5.56 Å². The standard InChI is InChI=1S/C21H22ClN3O6/c1-13-4-6-15(9-16(13)22)24-19(26)10-20(27)25-23-11-14-5-7-17(18(8-14)29-2)31-12-21(28)30-3/h4-9,11H,10,12H2,1-3H3,(H,24,26)(H,25,27). The van der Waals surface area contributed by atoms with Crippen LogP contribution in [0.1, 0.15) is 17.5 Å². The van der Waals surface area contributed by atoms with Crippen molar-refractivity contribution in [2.24, 2.45) is 5.10 Å². The molecular weight excluding hydrogens is 426 g/mol. The lowest BCUT2D eigenvalue weighted by molar-refractivity contribution is -0.143. The van der Waals surface area contributed by atoms with E-state index in [-0.39, 0.29) is 6.61 Å². The summed E-state index contributed by atoms with van der Waals surface area (Å²) in [5.74, 6) is -0.888. The largest absolute Gasteiger partial charge is 0.493 e. The zero-order valence-electron chi connectivity index (χ0n) is 17.2. The highest BCUT2D eigenvalue weighted by molar-refractivity contribution is 6.31. The molecule has 0 heterocycles. The van der Waals surface area contributed by atoms with Gasteiger partial charge in [-0.05, 0) is 48.4 Å². The average molecular weight is 448 g/mol. The molecule has 0 radical (unpaired) electrons. The maximum Gasteiger partial charge on any atom is 0.343 e. The van der Waals surface area contributed by atoms with E-state index in [4.69, 9.17) is 21.1 Å². The highest BCUT2D eigenvalue weighted by Gasteiger charge is 2.10. The van der Waals surface area contributed by atoms with Crippen LogP contribution in [0.2, 0.25) is 5.02 Å². The number of ether oxygens (including phenoxy) is 3. The molecule has 0 atom stereocenters. The van der Waals surface area contributed by atoms with E-state index >= 15 is 0 Å². The smallest absolute Gasteiger partial charge is 0.343 e. The van der Waals surface area contributed by atoms with Crippen LogP contribution >= 0.6 is 11.6 Å². The van der Waals surface area contributed by atoms with Crippen LogP contribution in [0.4, 0.5) is 5.69 Å². The lowest BCUT2D eigenvalue weighted by Gasteiger charge is -2.10. The van der Waals surface area contributed by atoms with Crippen molar-refractivity contribution in [1.82, 2.24) is 5.43 Å². The van der Waals surface area contributed by atoms with Gasteiger partial charge in [0.1, 0.15) is 6.42 Å². The van der Waals surface area contributed by atoms with Gasteiger partial charge in [-0.1, -0.05) is 17.7 Å². The maximum absolute atomic E-state index is 12.0. The number of amides is 2. The summed E-state index contributed by atoms with van der Waals surface area (Å²) in [6.45, 7) is 1.59. The van der Waals surface area contributed by atoms with E-state index in [1.54, 1.807) is 36.4 Å². The Bertz CT molecular complexity index is 993. The highest BCUT2D eigenvalue weighted by Crippen LogP contribution is 2.27. The summed E-state index contributed by atoms with van der Waals surface area (Å²) in [6, 6.07) is 9.92. The molecule has 9 nitrogen and oxygen atoms in total. The molecule has 2 aromatic carbocycles. The summed E-state index contributed by atoms with van der Waals surface area (Å²) >= 11 is 6.01. The number of carbonyl (C=O) groups excluding carboxylic acids is 3. The molecule has 31 heavy (non-hydrogen) atoms. The molecule has 2 N–H and O–H groups in total. The monoisotopic (exact) mass is 447 g/mol. The minimum Gasteiger partial charge on any atom is -0.493 e. The fraction of sp³-hybridized carbons (Fsp3) is 0.238. The third-order valence-corrected chi connectivity index (χ3v) is 4.35. The first-order chi connectivity index (χ1) is 14.8. The first-order valence-electron chi connectivity index (χ1n) is 9.08. The number of halogens is 1. The summed E-state index contributed by atoms with van der Waals surface area (Å²) in [5.41, 5.74) is 4.26. The zero-order valence-corrected chi connectivity index (χ0v) is 18.0. The highest BCUT2D eigenvalue weighted by atomic mass is 35.5. The number of hydrogen-bond acceptors (Lipinski definition) is 7. The number of rotatable bonds is 9. The van der Waals surface area contributed by atoms with Gasteiger partial charge in [-0.3, -0.25) is 9.59 Å². The van der Waals surface area contributed by atoms with E-state index in [2.05, 4.69) is 20.6 Å². The number of benzene rings is 2. The third-order valence-electron chi connectivity index (χ3n) is 3.94. The van der Waals surface area contributed by atoms with Gasteiger partial charge in [0.25, 0.3) is 0 Å². The number of carbonyl (C=O) groups is 3. The van der Waals surface area contributed by atoms with Crippen LogP contribution in [0.5, 0.6) is 11.5 Å². The molecule has 164 valence electrons. The second kappa shape index (κ2) is 11.6. The molecule has 0 aliphatic rings. The first kappa shape index (κ1) is 23.7. The Balaban J connectivity index is 1.87. The van der Waals surface area contributed by atoms with Gasteiger partial charge in [0.15, 0.2) is 18.1 Å². The molecule has 2 rings (SSSR count). The molecular formula is C21H22ClN3O6.